The first kappa shape index (κ1) is 19.7. The molecular weight excluding hydrogens is 338 g/mol. The molecule has 0 unspecified atom stereocenters. The van der Waals surface area contributed by atoms with E-state index in [9.17, 15) is 9.59 Å². The maximum absolute atomic E-state index is 12.1. The predicted octanol–water partition coefficient (Wildman–Crippen LogP) is 1.85. The summed E-state index contributed by atoms with van der Waals surface area (Å²) in [7, 11) is 3.14. The van der Waals surface area contributed by atoms with Crippen LogP contribution < -0.4 is 20.1 Å². The van der Waals surface area contributed by atoms with E-state index in [1.165, 1.54) is 0 Å². The van der Waals surface area contributed by atoms with E-state index in [1.807, 2.05) is 6.07 Å². The molecule has 0 aromatic heterocycles. The summed E-state index contributed by atoms with van der Waals surface area (Å²) < 4.78 is 15.4. The molecule has 2 N–H and O–H groups in total. The Labute approximate surface area is 153 Å². The molecule has 1 fully saturated rings. The number of methoxy groups -OCH3 is 2. The molecule has 0 atom stereocenters. The second-order valence-corrected chi connectivity index (χ2v) is 5.95. The van der Waals surface area contributed by atoms with Crippen LogP contribution in [0.1, 0.15) is 19.8 Å². The van der Waals surface area contributed by atoms with Crippen molar-refractivity contribution in [2.24, 2.45) is 0 Å². The highest BCUT2D eigenvalue weighted by atomic mass is 16.6. The summed E-state index contributed by atoms with van der Waals surface area (Å²) >= 11 is 0. The lowest BCUT2D eigenvalue weighted by Crippen LogP contribution is -2.47. The van der Waals surface area contributed by atoms with Crippen molar-refractivity contribution in [1.29, 1.82) is 0 Å². The van der Waals surface area contributed by atoms with Gasteiger partial charge in [-0.15, -0.1) is 0 Å². The van der Waals surface area contributed by atoms with Gasteiger partial charge >= 0.3 is 6.09 Å². The third kappa shape index (κ3) is 5.44. The summed E-state index contributed by atoms with van der Waals surface area (Å²) in [5.74, 6) is 1.15. The van der Waals surface area contributed by atoms with Gasteiger partial charge in [0.25, 0.3) is 0 Å². The zero-order chi connectivity index (χ0) is 18.9. The van der Waals surface area contributed by atoms with Crippen molar-refractivity contribution in [3.8, 4) is 11.5 Å². The van der Waals surface area contributed by atoms with Gasteiger partial charge in [0.1, 0.15) is 0 Å². The van der Waals surface area contributed by atoms with Gasteiger partial charge in [0.05, 0.1) is 27.4 Å². The molecule has 0 radical (unpaired) electrons. The molecular formula is C18H27N3O5. The first-order chi connectivity index (χ1) is 12.6. The molecule has 0 bridgehead atoms. The Morgan fingerprint density at radius 3 is 2.46 bits per heavy atom. The Balaban J connectivity index is 1.75. The molecule has 144 valence electrons. The fourth-order valence-corrected chi connectivity index (χ4v) is 2.83. The van der Waals surface area contributed by atoms with Gasteiger partial charge in [0.2, 0.25) is 5.91 Å². The average molecular weight is 365 g/mol. The van der Waals surface area contributed by atoms with Crippen LogP contribution in [0, 0.1) is 0 Å². The molecule has 8 heteroatoms. The Morgan fingerprint density at radius 1 is 1.15 bits per heavy atom. The first-order valence-electron chi connectivity index (χ1n) is 8.74. The molecule has 0 saturated carbocycles. The highest BCUT2D eigenvalue weighted by Crippen LogP contribution is 2.29. The number of carbonyl (C=O) groups excluding carboxylic acids is 2. The van der Waals surface area contributed by atoms with Crippen LogP contribution >= 0.6 is 0 Å². The molecule has 26 heavy (non-hydrogen) atoms. The topological polar surface area (TPSA) is 89.1 Å². The molecule has 1 aromatic carbocycles. The number of benzene rings is 1. The molecule has 2 amide bonds. The van der Waals surface area contributed by atoms with Crippen LogP contribution in [0.2, 0.25) is 0 Å². The highest BCUT2D eigenvalue weighted by Gasteiger charge is 2.24. The van der Waals surface area contributed by atoms with E-state index in [0.717, 1.165) is 18.5 Å². The zero-order valence-electron chi connectivity index (χ0n) is 15.5. The van der Waals surface area contributed by atoms with Crippen molar-refractivity contribution < 1.29 is 23.8 Å². The number of rotatable bonds is 7. The van der Waals surface area contributed by atoms with Crippen molar-refractivity contribution >= 4 is 17.7 Å². The lowest BCUT2D eigenvalue weighted by atomic mass is 10.1. The lowest BCUT2D eigenvalue weighted by Gasteiger charge is -2.31. The van der Waals surface area contributed by atoms with Gasteiger partial charge < -0.3 is 29.7 Å². The van der Waals surface area contributed by atoms with Crippen molar-refractivity contribution in [3.05, 3.63) is 18.2 Å². The predicted molar refractivity (Wildman–Crippen MR) is 97.8 cm³/mol. The second-order valence-electron chi connectivity index (χ2n) is 5.95. The molecule has 1 saturated heterocycles. The van der Waals surface area contributed by atoms with Crippen LogP contribution in [-0.4, -0.2) is 63.4 Å². The van der Waals surface area contributed by atoms with Crippen molar-refractivity contribution in [2.45, 2.75) is 25.8 Å². The normalized spacial score (nSPS) is 14.5. The minimum Gasteiger partial charge on any atom is -0.493 e. The Hall–Kier alpha value is -2.64. The van der Waals surface area contributed by atoms with Gasteiger partial charge in [-0.1, -0.05) is 0 Å². The standard InChI is InChI=1S/C18H27N3O5/c1-4-26-18(23)21-9-7-13(8-10-21)20-17(22)12-19-14-5-6-15(24-2)16(11-14)25-3/h5-6,11,13,19H,4,7-10,12H2,1-3H3,(H,20,22). The molecule has 2 rings (SSSR count). The van der Waals surface area contributed by atoms with Gasteiger partial charge in [-0.25, -0.2) is 4.79 Å². The monoisotopic (exact) mass is 365 g/mol. The zero-order valence-corrected chi connectivity index (χ0v) is 15.5. The van der Waals surface area contributed by atoms with E-state index in [2.05, 4.69) is 10.6 Å². The summed E-state index contributed by atoms with van der Waals surface area (Å²) in [5.41, 5.74) is 0.773. The number of hydrogen-bond donors (Lipinski definition) is 2. The number of nitrogens with one attached hydrogen (secondary N) is 2. The summed E-state index contributed by atoms with van der Waals surface area (Å²) in [5, 5.41) is 6.07. The quantitative estimate of drug-likeness (QED) is 0.767. The van der Waals surface area contributed by atoms with Crippen LogP contribution in [0.5, 0.6) is 11.5 Å². The Bertz CT molecular complexity index is 615. The molecule has 1 heterocycles. The second kappa shape index (κ2) is 9.74. The van der Waals surface area contributed by atoms with Gasteiger partial charge in [-0.05, 0) is 31.9 Å². The number of piperidine rings is 1. The Morgan fingerprint density at radius 2 is 1.85 bits per heavy atom. The Kier molecular flexibility index (Phi) is 7.37. The van der Waals surface area contributed by atoms with Crippen molar-refractivity contribution in [2.75, 3.05) is 45.8 Å². The van der Waals surface area contributed by atoms with Gasteiger partial charge in [0, 0.05) is 30.9 Å². The summed E-state index contributed by atoms with van der Waals surface area (Å²) in [6.45, 7) is 3.50. The fraction of sp³-hybridized carbons (Fsp3) is 0.556. The number of ether oxygens (including phenoxy) is 3. The number of amides is 2. The minimum absolute atomic E-state index is 0.0698. The average Bonchev–Trinajstić information content (AvgIpc) is 2.66. The number of carbonyl (C=O) groups is 2. The number of anilines is 1. The minimum atomic E-state index is -0.285. The van der Waals surface area contributed by atoms with Crippen LogP contribution in [0.15, 0.2) is 18.2 Å². The van der Waals surface area contributed by atoms with Gasteiger partial charge in [-0.2, -0.15) is 0 Å². The smallest absolute Gasteiger partial charge is 0.409 e. The van der Waals surface area contributed by atoms with Gasteiger partial charge in [0.15, 0.2) is 11.5 Å². The maximum atomic E-state index is 12.1. The van der Waals surface area contributed by atoms with E-state index in [4.69, 9.17) is 14.2 Å². The van der Waals surface area contributed by atoms with E-state index in [0.29, 0.717) is 31.2 Å². The molecule has 1 aliphatic heterocycles. The van der Waals surface area contributed by atoms with E-state index in [1.54, 1.807) is 38.2 Å². The molecule has 0 aliphatic carbocycles. The van der Waals surface area contributed by atoms with Crippen LogP contribution in [-0.2, 0) is 9.53 Å². The fourth-order valence-electron chi connectivity index (χ4n) is 2.83. The van der Waals surface area contributed by atoms with Crippen molar-refractivity contribution in [1.82, 2.24) is 10.2 Å². The highest BCUT2D eigenvalue weighted by molar-refractivity contribution is 5.81. The summed E-state index contributed by atoms with van der Waals surface area (Å²) in [4.78, 5) is 25.5. The summed E-state index contributed by atoms with van der Waals surface area (Å²) in [6.07, 6.45) is 1.16. The van der Waals surface area contributed by atoms with E-state index < -0.39 is 0 Å². The van der Waals surface area contributed by atoms with Crippen LogP contribution in [0.25, 0.3) is 0 Å². The maximum Gasteiger partial charge on any atom is 0.409 e. The van der Waals surface area contributed by atoms with Crippen LogP contribution in [0.3, 0.4) is 0 Å². The third-order valence-electron chi connectivity index (χ3n) is 4.22. The van der Waals surface area contributed by atoms with Crippen molar-refractivity contribution in [3.63, 3.8) is 0 Å². The molecule has 8 nitrogen and oxygen atoms in total. The first-order valence-corrected chi connectivity index (χ1v) is 8.74. The van der Waals surface area contributed by atoms with Crippen LogP contribution in [0.4, 0.5) is 10.5 Å². The number of hydrogen-bond acceptors (Lipinski definition) is 6. The molecule has 1 aliphatic rings. The molecule has 1 aromatic rings. The van der Waals surface area contributed by atoms with E-state index >= 15 is 0 Å². The van der Waals surface area contributed by atoms with Gasteiger partial charge in [-0.3, -0.25) is 4.79 Å². The largest absolute Gasteiger partial charge is 0.493 e. The SMILES string of the molecule is CCOC(=O)N1CCC(NC(=O)CNc2ccc(OC)c(OC)c2)CC1. The molecule has 0 spiro atoms. The number of nitrogens with zero attached hydrogens (tertiary/aromatic N) is 1. The summed E-state index contributed by atoms with van der Waals surface area (Å²) in [6, 6.07) is 5.46. The number of likely N-dealkylation sites (tertiary alicyclic amines) is 1. The third-order valence-corrected chi connectivity index (χ3v) is 4.22. The van der Waals surface area contributed by atoms with E-state index in [-0.39, 0.29) is 24.6 Å². The lowest BCUT2D eigenvalue weighted by molar-refractivity contribution is -0.120.